The standard InChI is InChI=1S/C29H38ClN7O3S/c1-4-40-26(38)12-7-5-6-8-13-36-14-16-37(17-15-36)25-18-24(32-21(3)33-25)34-29-31-19-23(41-29)28(39)35-27-20(2)10-9-11-22(27)30/h9-11,18-19H,4-8,12-17H2,1-3H3,(H,35,39)(H,31,32,33,34). The number of unbranched alkanes of at least 4 members (excludes halogenated alkanes) is 3. The van der Waals surface area contributed by atoms with E-state index in [0.29, 0.717) is 45.4 Å². The molecular formula is C29H38ClN7O3S. The number of hydrogen-bond acceptors (Lipinski definition) is 10. The van der Waals surface area contributed by atoms with Crippen molar-refractivity contribution in [3.05, 3.63) is 51.7 Å². The minimum atomic E-state index is -0.263. The zero-order chi connectivity index (χ0) is 29.2. The highest BCUT2D eigenvalue weighted by atomic mass is 35.5. The molecule has 0 unspecified atom stereocenters. The molecular weight excluding hydrogens is 562 g/mol. The van der Waals surface area contributed by atoms with Crippen LogP contribution in [-0.2, 0) is 9.53 Å². The number of aromatic nitrogens is 3. The lowest BCUT2D eigenvalue weighted by Crippen LogP contribution is -2.47. The van der Waals surface area contributed by atoms with E-state index in [9.17, 15) is 9.59 Å². The van der Waals surface area contributed by atoms with Crippen LogP contribution in [0.2, 0.25) is 5.02 Å². The number of amides is 1. The molecule has 0 spiro atoms. The van der Waals surface area contributed by atoms with Gasteiger partial charge in [0.15, 0.2) is 5.13 Å². The van der Waals surface area contributed by atoms with Crippen LogP contribution in [-0.4, -0.2) is 71.1 Å². The first-order chi connectivity index (χ1) is 19.8. The van der Waals surface area contributed by atoms with Crippen molar-refractivity contribution >= 4 is 57.3 Å². The number of hydrogen-bond donors (Lipinski definition) is 2. The number of nitrogens with one attached hydrogen (secondary N) is 2. The molecule has 1 amide bonds. The SMILES string of the molecule is CCOC(=O)CCCCCCN1CCN(c2cc(Nc3ncc(C(=O)Nc4c(C)cccc4Cl)s3)nc(C)n2)CC1. The molecule has 10 nitrogen and oxygen atoms in total. The summed E-state index contributed by atoms with van der Waals surface area (Å²) in [6, 6.07) is 7.42. The zero-order valence-corrected chi connectivity index (χ0v) is 25.5. The van der Waals surface area contributed by atoms with Crippen LogP contribution < -0.4 is 15.5 Å². The van der Waals surface area contributed by atoms with Gasteiger partial charge in [0.2, 0.25) is 0 Å². The van der Waals surface area contributed by atoms with Crippen LogP contribution >= 0.6 is 22.9 Å². The van der Waals surface area contributed by atoms with Gasteiger partial charge in [0.25, 0.3) is 5.91 Å². The van der Waals surface area contributed by atoms with Crippen molar-refractivity contribution < 1.29 is 14.3 Å². The Morgan fingerprint density at radius 1 is 1.07 bits per heavy atom. The lowest BCUT2D eigenvalue weighted by molar-refractivity contribution is -0.143. The molecule has 1 aliphatic rings. The van der Waals surface area contributed by atoms with Gasteiger partial charge in [-0.1, -0.05) is 47.9 Å². The number of para-hydroxylation sites is 1. The molecule has 2 N–H and O–H groups in total. The Balaban J connectivity index is 1.25. The lowest BCUT2D eigenvalue weighted by Gasteiger charge is -2.35. The van der Waals surface area contributed by atoms with Crippen molar-refractivity contribution in [3.8, 4) is 0 Å². The van der Waals surface area contributed by atoms with Gasteiger partial charge in [-0.3, -0.25) is 14.5 Å². The summed E-state index contributed by atoms with van der Waals surface area (Å²) in [6.07, 6.45) is 6.27. The van der Waals surface area contributed by atoms with Crippen LogP contribution in [0.15, 0.2) is 30.5 Å². The van der Waals surface area contributed by atoms with Crippen molar-refractivity contribution in [1.82, 2.24) is 19.9 Å². The van der Waals surface area contributed by atoms with E-state index in [-0.39, 0.29) is 11.9 Å². The Morgan fingerprint density at radius 3 is 2.61 bits per heavy atom. The molecule has 4 rings (SSSR count). The summed E-state index contributed by atoms with van der Waals surface area (Å²) in [6.45, 7) is 10.9. The fourth-order valence-corrected chi connectivity index (χ4v) is 5.67. The van der Waals surface area contributed by atoms with E-state index in [0.717, 1.165) is 69.8 Å². The van der Waals surface area contributed by atoms with Gasteiger partial charge in [-0.2, -0.15) is 0 Å². The molecule has 41 heavy (non-hydrogen) atoms. The fourth-order valence-electron chi connectivity index (χ4n) is 4.68. The van der Waals surface area contributed by atoms with Gasteiger partial charge in [0.05, 0.1) is 23.5 Å². The Kier molecular flexibility index (Phi) is 11.3. The number of piperazine rings is 1. The fraction of sp³-hybridized carbons (Fsp3) is 0.483. The summed E-state index contributed by atoms with van der Waals surface area (Å²) in [5, 5.41) is 7.19. The van der Waals surface area contributed by atoms with Gasteiger partial charge in [0, 0.05) is 38.7 Å². The van der Waals surface area contributed by atoms with Gasteiger partial charge in [0.1, 0.15) is 22.3 Å². The number of nitrogens with zero attached hydrogens (tertiary/aromatic N) is 5. The molecule has 3 heterocycles. The number of carbonyl (C=O) groups excluding carboxylic acids is 2. The number of carbonyl (C=O) groups is 2. The second-order valence-electron chi connectivity index (χ2n) is 10.00. The summed E-state index contributed by atoms with van der Waals surface area (Å²) in [4.78, 5) is 43.0. The van der Waals surface area contributed by atoms with Crippen LogP contribution in [0, 0.1) is 13.8 Å². The number of halogens is 1. The number of aryl methyl sites for hydroxylation is 2. The van der Waals surface area contributed by atoms with E-state index in [4.69, 9.17) is 16.3 Å². The van der Waals surface area contributed by atoms with Crippen LogP contribution in [0.3, 0.4) is 0 Å². The number of anilines is 4. The second kappa shape index (κ2) is 15.1. The molecule has 1 aliphatic heterocycles. The van der Waals surface area contributed by atoms with Crippen molar-refractivity contribution in [3.63, 3.8) is 0 Å². The Morgan fingerprint density at radius 2 is 1.85 bits per heavy atom. The van der Waals surface area contributed by atoms with Crippen LogP contribution in [0.1, 0.15) is 60.1 Å². The monoisotopic (exact) mass is 599 g/mol. The largest absolute Gasteiger partial charge is 0.466 e. The Labute approximate surface area is 250 Å². The molecule has 1 saturated heterocycles. The van der Waals surface area contributed by atoms with Gasteiger partial charge in [-0.05, 0) is 51.8 Å². The van der Waals surface area contributed by atoms with Crippen LogP contribution in [0.5, 0.6) is 0 Å². The quantitative estimate of drug-likeness (QED) is 0.185. The number of benzene rings is 1. The van der Waals surface area contributed by atoms with Crippen molar-refractivity contribution in [2.24, 2.45) is 0 Å². The lowest BCUT2D eigenvalue weighted by atomic mass is 10.1. The van der Waals surface area contributed by atoms with Gasteiger partial charge in [-0.25, -0.2) is 15.0 Å². The van der Waals surface area contributed by atoms with E-state index >= 15 is 0 Å². The van der Waals surface area contributed by atoms with E-state index in [2.05, 4.69) is 35.4 Å². The van der Waals surface area contributed by atoms with Gasteiger partial charge in [-0.15, -0.1) is 0 Å². The minimum absolute atomic E-state index is 0.0922. The normalized spacial score (nSPS) is 13.7. The third-order valence-corrected chi connectivity index (χ3v) is 8.08. The molecule has 0 bridgehead atoms. The summed E-state index contributed by atoms with van der Waals surface area (Å²) < 4.78 is 4.98. The van der Waals surface area contributed by atoms with Crippen molar-refractivity contribution in [2.45, 2.75) is 52.9 Å². The van der Waals surface area contributed by atoms with E-state index < -0.39 is 0 Å². The van der Waals surface area contributed by atoms with Crippen molar-refractivity contribution in [1.29, 1.82) is 0 Å². The third-order valence-electron chi connectivity index (χ3n) is 6.86. The number of thiazole rings is 1. The summed E-state index contributed by atoms with van der Waals surface area (Å²) in [5.74, 6) is 1.83. The first-order valence-electron chi connectivity index (χ1n) is 14.1. The van der Waals surface area contributed by atoms with Crippen molar-refractivity contribution in [2.75, 3.05) is 54.9 Å². The predicted octanol–water partition coefficient (Wildman–Crippen LogP) is 5.83. The highest BCUT2D eigenvalue weighted by Crippen LogP contribution is 2.28. The smallest absolute Gasteiger partial charge is 0.305 e. The Hall–Kier alpha value is -3.28. The molecule has 3 aromatic rings. The zero-order valence-electron chi connectivity index (χ0n) is 23.9. The molecule has 0 atom stereocenters. The molecule has 0 saturated carbocycles. The summed E-state index contributed by atoms with van der Waals surface area (Å²) in [5.41, 5.74) is 1.49. The average molecular weight is 600 g/mol. The molecule has 1 aromatic carbocycles. The summed E-state index contributed by atoms with van der Waals surface area (Å²) in [7, 11) is 0. The van der Waals surface area contributed by atoms with E-state index in [1.807, 2.05) is 39.0 Å². The highest BCUT2D eigenvalue weighted by molar-refractivity contribution is 7.17. The first-order valence-corrected chi connectivity index (χ1v) is 15.3. The van der Waals surface area contributed by atoms with Crippen LogP contribution in [0.25, 0.3) is 0 Å². The minimum Gasteiger partial charge on any atom is -0.466 e. The molecule has 0 radical (unpaired) electrons. The van der Waals surface area contributed by atoms with Crippen LogP contribution in [0.4, 0.5) is 22.5 Å². The molecule has 1 fully saturated rings. The maximum absolute atomic E-state index is 12.8. The van der Waals surface area contributed by atoms with E-state index in [1.165, 1.54) is 11.3 Å². The second-order valence-corrected chi connectivity index (χ2v) is 11.4. The van der Waals surface area contributed by atoms with Gasteiger partial charge >= 0.3 is 5.97 Å². The molecule has 220 valence electrons. The molecule has 12 heteroatoms. The van der Waals surface area contributed by atoms with E-state index in [1.54, 1.807) is 12.3 Å². The third kappa shape index (κ3) is 9.11. The first kappa shape index (κ1) is 30.7. The maximum atomic E-state index is 12.8. The number of rotatable bonds is 13. The highest BCUT2D eigenvalue weighted by Gasteiger charge is 2.20. The topological polar surface area (TPSA) is 113 Å². The summed E-state index contributed by atoms with van der Waals surface area (Å²) >= 11 is 7.51. The van der Waals surface area contributed by atoms with Gasteiger partial charge < -0.3 is 20.3 Å². The molecule has 0 aliphatic carbocycles. The predicted molar refractivity (Wildman–Crippen MR) is 165 cm³/mol. The average Bonchev–Trinajstić information content (AvgIpc) is 3.41. The maximum Gasteiger partial charge on any atom is 0.305 e. The number of ether oxygens (including phenoxy) is 1. The molecule has 2 aromatic heterocycles. The number of esters is 1. The Bertz CT molecular complexity index is 1310.